The van der Waals surface area contributed by atoms with Crippen molar-refractivity contribution in [2.24, 2.45) is 4.99 Å². The van der Waals surface area contributed by atoms with Crippen LogP contribution >= 0.6 is 22.9 Å². The number of carbonyl (C=O) groups is 1. The third-order valence-corrected chi connectivity index (χ3v) is 7.68. The smallest absolute Gasteiger partial charge is 0.338 e. The van der Waals surface area contributed by atoms with Gasteiger partial charge in [0.25, 0.3) is 5.56 Å². The van der Waals surface area contributed by atoms with E-state index in [-0.39, 0.29) is 23.6 Å². The van der Waals surface area contributed by atoms with E-state index in [1.165, 1.54) is 36.2 Å². The fraction of sp³-hybridized carbons (Fsp3) is 0.167. The van der Waals surface area contributed by atoms with E-state index in [0.717, 1.165) is 0 Å². The summed E-state index contributed by atoms with van der Waals surface area (Å²) in [4.78, 5) is 31.8. The van der Waals surface area contributed by atoms with Crippen LogP contribution in [-0.4, -0.2) is 24.8 Å². The molecule has 0 unspecified atom stereocenters. The number of rotatable bonds is 7. The van der Waals surface area contributed by atoms with Crippen molar-refractivity contribution in [2.45, 2.75) is 19.6 Å². The molecule has 1 atom stereocenters. The fourth-order valence-corrected chi connectivity index (χ4v) is 5.77. The molecular weight excluding hydrogens is 555 g/mol. The van der Waals surface area contributed by atoms with Gasteiger partial charge >= 0.3 is 5.97 Å². The standard InChI is InChI=1S/C30H24ClFN2O5S/c1-17-26(29(36)38-3)27(21-15-20(31)12-13-24(21)37-2)34-28(35)25(40-30(34)33-17)14-18-8-5-7-11-23(18)39-16-19-9-4-6-10-22(19)32/h4-15,27H,16H2,1-3H3/b25-14-/t27-/m1/s1. The summed E-state index contributed by atoms with van der Waals surface area (Å²) in [6, 6.07) is 17.7. The summed E-state index contributed by atoms with van der Waals surface area (Å²) < 4.78 is 32.5. The Labute approximate surface area is 238 Å². The van der Waals surface area contributed by atoms with Gasteiger partial charge in [0.15, 0.2) is 4.80 Å². The maximum atomic E-state index is 14.1. The van der Waals surface area contributed by atoms with E-state index >= 15 is 0 Å². The van der Waals surface area contributed by atoms with Crippen molar-refractivity contribution in [3.8, 4) is 11.5 Å². The number of allylic oxidation sites excluding steroid dienone is 1. The minimum absolute atomic E-state index is 0.0228. The first-order chi connectivity index (χ1) is 19.3. The van der Waals surface area contributed by atoms with Gasteiger partial charge in [0, 0.05) is 21.7 Å². The average Bonchev–Trinajstić information content (AvgIpc) is 3.26. The number of carbonyl (C=O) groups excluding carboxylic acids is 1. The Morgan fingerprint density at radius 3 is 2.60 bits per heavy atom. The first-order valence-electron chi connectivity index (χ1n) is 12.2. The quantitative estimate of drug-likeness (QED) is 0.295. The van der Waals surface area contributed by atoms with Gasteiger partial charge in [-0.15, -0.1) is 0 Å². The molecule has 5 rings (SSSR count). The number of halogens is 2. The minimum atomic E-state index is -0.882. The van der Waals surface area contributed by atoms with Crippen LogP contribution < -0.4 is 24.4 Å². The van der Waals surface area contributed by atoms with Gasteiger partial charge in [0.2, 0.25) is 0 Å². The van der Waals surface area contributed by atoms with Crippen molar-refractivity contribution >= 4 is 35.0 Å². The topological polar surface area (TPSA) is 79.1 Å². The van der Waals surface area contributed by atoms with E-state index in [1.807, 2.05) is 6.07 Å². The normalized spacial score (nSPS) is 14.9. The Morgan fingerprint density at radius 1 is 1.10 bits per heavy atom. The number of para-hydroxylation sites is 1. The number of methoxy groups -OCH3 is 2. The molecule has 1 aliphatic rings. The monoisotopic (exact) mass is 578 g/mol. The molecule has 1 aromatic heterocycles. The van der Waals surface area contributed by atoms with Crippen LogP contribution in [0.5, 0.6) is 11.5 Å². The molecule has 0 N–H and O–H groups in total. The first-order valence-corrected chi connectivity index (χ1v) is 13.4. The molecule has 0 radical (unpaired) electrons. The van der Waals surface area contributed by atoms with Crippen molar-refractivity contribution in [3.63, 3.8) is 0 Å². The van der Waals surface area contributed by atoms with Gasteiger partial charge in [0.1, 0.15) is 30.0 Å². The third kappa shape index (κ3) is 5.17. The summed E-state index contributed by atoms with van der Waals surface area (Å²) in [6.07, 6.45) is 1.70. The van der Waals surface area contributed by atoms with E-state index in [4.69, 9.17) is 25.8 Å². The van der Waals surface area contributed by atoms with E-state index in [1.54, 1.807) is 67.6 Å². The number of ether oxygens (including phenoxy) is 3. The zero-order valence-corrected chi connectivity index (χ0v) is 23.4. The second-order valence-electron chi connectivity index (χ2n) is 8.88. The van der Waals surface area contributed by atoms with Gasteiger partial charge in [-0.3, -0.25) is 9.36 Å². The van der Waals surface area contributed by atoms with Gasteiger partial charge in [-0.1, -0.05) is 59.3 Å². The largest absolute Gasteiger partial charge is 0.496 e. The SMILES string of the molecule is COC(=O)C1=C(C)N=c2s/c(=C\c3ccccc3OCc3ccccc3F)c(=O)n2[C@@H]1c1cc(Cl)ccc1OC. The van der Waals surface area contributed by atoms with Crippen LogP contribution in [0.1, 0.15) is 29.7 Å². The summed E-state index contributed by atoms with van der Waals surface area (Å²) in [5.41, 5.74) is 1.82. The summed E-state index contributed by atoms with van der Waals surface area (Å²) >= 11 is 7.51. The van der Waals surface area contributed by atoms with Crippen LogP contribution in [0.25, 0.3) is 6.08 Å². The maximum absolute atomic E-state index is 14.1. The lowest BCUT2D eigenvalue weighted by Gasteiger charge is -2.25. The number of aromatic nitrogens is 1. The second-order valence-corrected chi connectivity index (χ2v) is 10.3. The fourth-order valence-electron chi connectivity index (χ4n) is 4.55. The van der Waals surface area contributed by atoms with E-state index in [9.17, 15) is 14.0 Å². The summed E-state index contributed by atoms with van der Waals surface area (Å²) in [7, 11) is 2.78. The lowest BCUT2D eigenvalue weighted by atomic mass is 9.95. The van der Waals surface area contributed by atoms with E-state index < -0.39 is 12.0 Å². The molecule has 0 saturated carbocycles. The van der Waals surface area contributed by atoms with Crippen molar-refractivity contribution in [1.29, 1.82) is 0 Å². The number of hydrogen-bond acceptors (Lipinski definition) is 7. The molecule has 10 heteroatoms. The van der Waals surface area contributed by atoms with Crippen LogP contribution in [0.2, 0.25) is 5.02 Å². The molecule has 7 nitrogen and oxygen atoms in total. The molecule has 3 aromatic carbocycles. The Balaban J connectivity index is 1.65. The Bertz CT molecular complexity index is 1830. The number of esters is 1. The number of benzene rings is 3. The van der Waals surface area contributed by atoms with Crippen LogP contribution in [0.4, 0.5) is 4.39 Å². The minimum Gasteiger partial charge on any atom is -0.496 e. The number of nitrogens with zero attached hydrogens (tertiary/aromatic N) is 2. The number of hydrogen-bond donors (Lipinski definition) is 0. The van der Waals surface area contributed by atoms with E-state index in [2.05, 4.69) is 4.99 Å². The van der Waals surface area contributed by atoms with Gasteiger partial charge in [-0.25, -0.2) is 14.2 Å². The lowest BCUT2D eigenvalue weighted by Crippen LogP contribution is -2.40. The van der Waals surface area contributed by atoms with Gasteiger partial charge < -0.3 is 14.2 Å². The van der Waals surface area contributed by atoms with Crippen LogP contribution in [0.3, 0.4) is 0 Å². The maximum Gasteiger partial charge on any atom is 0.338 e. The highest BCUT2D eigenvalue weighted by atomic mass is 35.5. The molecule has 0 spiro atoms. The number of fused-ring (bicyclic) bond motifs is 1. The Kier molecular flexibility index (Phi) is 7.86. The van der Waals surface area contributed by atoms with Gasteiger partial charge in [0.05, 0.1) is 30.0 Å². The van der Waals surface area contributed by atoms with Crippen molar-refractivity contribution < 1.29 is 23.4 Å². The summed E-state index contributed by atoms with van der Waals surface area (Å²) in [5.74, 6) is -0.0426. The highest BCUT2D eigenvalue weighted by Crippen LogP contribution is 2.37. The van der Waals surface area contributed by atoms with Gasteiger partial charge in [-0.05, 0) is 43.3 Å². The molecular formula is C30H24ClFN2O5S. The third-order valence-electron chi connectivity index (χ3n) is 6.46. The van der Waals surface area contributed by atoms with Crippen molar-refractivity contribution in [2.75, 3.05) is 14.2 Å². The molecule has 0 aliphatic carbocycles. The molecule has 0 bridgehead atoms. The molecule has 0 fully saturated rings. The van der Waals surface area contributed by atoms with Crippen LogP contribution in [-0.2, 0) is 16.1 Å². The van der Waals surface area contributed by atoms with Crippen molar-refractivity contribution in [1.82, 2.24) is 4.57 Å². The Hall–Kier alpha value is -4.21. The predicted octanol–water partition coefficient (Wildman–Crippen LogP) is 4.79. The molecule has 0 saturated heterocycles. The summed E-state index contributed by atoms with van der Waals surface area (Å²) in [5, 5.41) is 0.415. The highest BCUT2D eigenvalue weighted by Gasteiger charge is 2.35. The molecule has 0 amide bonds. The predicted molar refractivity (Wildman–Crippen MR) is 151 cm³/mol. The zero-order valence-electron chi connectivity index (χ0n) is 21.8. The Morgan fingerprint density at radius 2 is 1.85 bits per heavy atom. The molecule has 40 heavy (non-hydrogen) atoms. The number of thiazole rings is 1. The molecule has 204 valence electrons. The van der Waals surface area contributed by atoms with Crippen molar-refractivity contribution in [3.05, 3.63) is 125 Å². The zero-order chi connectivity index (χ0) is 28.4. The van der Waals surface area contributed by atoms with Crippen LogP contribution in [0.15, 0.2) is 87.8 Å². The highest BCUT2D eigenvalue weighted by molar-refractivity contribution is 7.07. The molecule has 2 heterocycles. The summed E-state index contributed by atoms with van der Waals surface area (Å²) in [6.45, 7) is 1.72. The second kappa shape index (κ2) is 11.5. The molecule has 1 aliphatic heterocycles. The first kappa shape index (κ1) is 27.4. The van der Waals surface area contributed by atoms with E-state index in [0.29, 0.717) is 48.2 Å². The van der Waals surface area contributed by atoms with Gasteiger partial charge in [-0.2, -0.15) is 0 Å². The lowest BCUT2D eigenvalue weighted by molar-refractivity contribution is -0.136. The van der Waals surface area contributed by atoms with Crippen LogP contribution in [0, 0.1) is 5.82 Å². The molecule has 4 aromatic rings. The average molecular weight is 579 g/mol.